The second-order valence-electron chi connectivity index (χ2n) is 11.0. The number of fused-ring (bicyclic) bond motifs is 1. The summed E-state index contributed by atoms with van der Waals surface area (Å²) in [6.07, 6.45) is 2.55. The highest BCUT2D eigenvalue weighted by Crippen LogP contribution is 2.35. The number of aromatic hydroxyl groups is 1. The van der Waals surface area contributed by atoms with E-state index in [0.717, 1.165) is 10.6 Å². The SMILES string of the molecule is [2H]c1c([2H])c([2H])c(-c2c(F)cc3c(N4CCN(C(=O)C=C)C[C@@H]4C)nc(=O)n(-c4c(C(C)C)ncnc4C(C)C)c3[n+]2[O-])c(O)c1[2H]. The van der Waals surface area contributed by atoms with Gasteiger partial charge < -0.3 is 20.1 Å². The van der Waals surface area contributed by atoms with Crippen LogP contribution in [0, 0.1) is 11.0 Å². The maximum absolute atomic E-state index is 16.3. The zero-order valence-corrected chi connectivity index (χ0v) is 24.5. The molecule has 1 fully saturated rings. The third kappa shape index (κ3) is 5.06. The molecule has 4 aromatic rings. The number of phenolic OH excluding ortho intramolecular Hbond substituents is 1. The predicted molar refractivity (Wildman–Crippen MR) is 161 cm³/mol. The lowest BCUT2D eigenvalue weighted by Crippen LogP contribution is -2.54. The Kier molecular flexibility index (Phi) is 6.56. The molecular formula is C31H34FN7O4. The van der Waals surface area contributed by atoms with E-state index in [1.54, 1.807) is 16.7 Å². The van der Waals surface area contributed by atoms with Crippen LogP contribution in [-0.4, -0.2) is 61.1 Å². The second kappa shape index (κ2) is 11.4. The fourth-order valence-corrected chi connectivity index (χ4v) is 5.44. The molecule has 0 bridgehead atoms. The smallest absolute Gasteiger partial charge is 0.442 e. The van der Waals surface area contributed by atoms with Gasteiger partial charge in [-0.15, -0.1) is 4.57 Å². The second-order valence-corrected chi connectivity index (χ2v) is 11.0. The maximum atomic E-state index is 16.3. The third-order valence-electron chi connectivity index (χ3n) is 7.47. The van der Waals surface area contributed by atoms with Gasteiger partial charge in [0.2, 0.25) is 5.91 Å². The van der Waals surface area contributed by atoms with E-state index in [0.29, 0.717) is 11.4 Å². The number of para-hydroxylation sites is 1. The largest absolute Gasteiger partial charge is 0.710 e. The van der Waals surface area contributed by atoms with Gasteiger partial charge in [0, 0.05) is 25.7 Å². The summed E-state index contributed by atoms with van der Waals surface area (Å²) in [5.74, 6) is -3.11. The first kappa shape index (κ1) is 24.7. The van der Waals surface area contributed by atoms with Gasteiger partial charge in [0.25, 0.3) is 0 Å². The summed E-state index contributed by atoms with van der Waals surface area (Å²) in [5, 5.41) is 25.3. The van der Waals surface area contributed by atoms with Crippen molar-refractivity contribution < 1.29 is 24.5 Å². The van der Waals surface area contributed by atoms with E-state index in [2.05, 4.69) is 21.5 Å². The Morgan fingerprint density at radius 1 is 1.21 bits per heavy atom. The van der Waals surface area contributed by atoms with Gasteiger partial charge in [0.15, 0.2) is 23.0 Å². The summed E-state index contributed by atoms with van der Waals surface area (Å²) in [4.78, 5) is 43.0. The van der Waals surface area contributed by atoms with E-state index < -0.39 is 64.4 Å². The summed E-state index contributed by atoms with van der Waals surface area (Å²) >= 11 is 0. The quantitative estimate of drug-likeness (QED) is 0.204. The van der Waals surface area contributed by atoms with Crippen molar-refractivity contribution >= 4 is 22.8 Å². The molecule has 0 spiro atoms. The minimum absolute atomic E-state index is 0.0252. The number of rotatable bonds is 6. The van der Waals surface area contributed by atoms with Crippen molar-refractivity contribution in [3.8, 4) is 22.7 Å². The molecule has 4 heterocycles. The summed E-state index contributed by atoms with van der Waals surface area (Å²) in [6.45, 7) is 13.3. The van der Waals surface area contributed by atoms with E-state index >= 15 is 4.39 Å². The van der Waals surface area contributed by atoms with Crippen molar-refractivity contribution in [1.82, 2.24) is 24.4 Å². The minimum Gasteiger partial charge on any atom is -0.710 e. The average Bonchev–Trinajstić information content (AvgIpc) is 3.03. The number of carbonyl (C=O) groups is 1. The predicted octanol–water partition coefficient (Wildman–Crippen LogP) is 3.79. The molecule has 1 saturated heterocycles. The van der Waals surface area contributed by atoms with Gasteiger partial charge in [-0.25, -0.2) is 23.9 Å². The first-order valence-corrected chi connectivity index (χ1v) is 13.8. The van der Waals surface area contributed by atoms with E-state index in [1.807, 2.05) is 27.7 Å². The highest BCUT2D eigenvalue weighted by Gasteiger charge is 2.35. The number of nitrogens with zero attached hydrogens (tertiary/aromatic N) is 7. The Morgan fingerprint density at radius 3 is 2.47 bits per heavy atom. The van der Waals surface area contributed by atoms with Gasteiger partial charge in [-0.3, -0.25) is 4.79 Å². The number of benzene rings is 1. The Bertz CT molecular complexity index is 1970. The van der Waals surface area contributed by atoms with E-state index in [1.165, 1.54) is 12.4 Å². The van der Waals surface area contributed by atoms with Crippen molar-refractivity contribution in [2.45, 2.75) is 52.5 Å². The molecule has 11 nitrogen and oxygen atoms in total. The van der Waals surface area contributed by atoms with Crippen LogP contribution in [0.15, 0.2) is 54.0 Å². The molecule has 1 amide bonds. The molecule has 1 N–H and O–H groups in total. The fourth-order valence-electron chi connectivity index (χ4n) is 5.44. The Balaban J connectivity index is 1.95. The topological polar surface area (TPSA) is 131 Å². The zero-order valence-electron chi connectivity index (χ0n) is 28.5. The van der Waals surface area contributed by atoms with Gasteiger partial charge >= 0.3 is 11.3 Å². The summed E-state index contributed by atoms with van der Waals surface area (Å²) < 4.78 is 49.9. The highest BCUT2D eigenvalue weighted by atomic mass is 19.1. The number of phenols is 1. The van der Waals surface area contributed by atoms with Crippen LogP contribution in [0.25, 0.3) is 28.0 Å². The van der Waals surface area contributed by atoms with Crippen LogP contribution in [0.3, 0.4) is 0 Å². The molecule has 5 rings (SSSR count). The van der Waals surface area contributed by atoms with E-state index in [-0.39, 0.29) is 59.0 Å². The standard InChI is InChI=1S/C31H34FN7O4/c1-7-24(41)36-12-13-37(19(6)15-36)29-21-14-22(32)27(20-10-8-9-11-23(20)40)39(43)30(21)38(31(42)35-29)28-25(17(2)3)33-16-34-26(28)18(4)5/h7-11,14,16-19,40H,1,12-13,15H2,2-6H3/t19-/m0/s1/i8D,9D,10D,11D. The lowest BCUT2D eigenvalue weighted by molar-refractivity contribution is -0.569. The molecule has 0 unspecified atom stereocenters. The van der Waals surface area contributed by atoms with Gasteiger partial charge in [0.1, 0.15) is 17.5 Å². The Labute approximate surface area is 253 Å². The molecule has 43 heavy (non-hydrogen) atoms. The fraction of sp³-hybridized carbons (Fsp3) is 0.355. The van der Waals surface area contributed by atoms with Crippen LogP contribution in [0.5, 0.6) is 5.75 Å². The normalized spacial score (nSPS) is 16.8. The van der Waals surface area contributed by atoms with E-state index in [9.17, 15) is 19.9 Å². The zero-order chi connectivity index (χ0) is 34.6. The number of aromatic nitrogens is 5. The van der Waals surface area contributed by atoms with Gasteiger partial charge in [-0.2, -0.15) is 4.98 Å². The number of pyridine rings is 1. The number of piperazine rings is 1. The molecule has 1 aliphatic heterocycles. The molecule has 0 aliphatic carbocycles. The van der Waals surface area contributed by atoms with Gasteiger partial charge in [0.05, 0.1) is 22.4 Å². The van der Waals surface area contributed by atoms with Crippen LogP contribution in [0.1, 0.15) is 63.3 Å². The van der Waals surface area contributed by atoms with Crippen molar-refractivity contribution in [2.24, 2.45) is 0 Å². The molecule has 0 saturated carbocycles. The molecule has 1 aliphatic rings. The van der Waals surface area contributed by atoms with Crippen molar-refractivity contribution in [1.29, 1.82) is 0 Å². The highest BCUT2D eigenvalue weighted by molar-refractivity contribution is 5.89. The minimum atomic E-state index is -1.23. The Morgan fingerprint density at radius 2 is 1.86 bits per heavy atom. The van der Waals surface area contributed by atoms with Crippen LogP contribution < -0.4 is 15.3 Å². The maximum Gasteiger partial charge on any atom is 0.442 e. The number of hydrogen-bond donors (Lipinski definition) is 1. The van der Waals surface area contributed by atoms with E-state index in [4.69, 9.17) is 5.48 Å². The average molecular weight is 592 g/mol. The number of halogens is 1. The molecule has 224 valence electrons. The van der Waals surface area contributed by atoms with Gasteiger partial charge in [-0.05, 0) is 43.0 Å². The number of carbonyl (C=O) groups excluding carboxylic acids is 1. The van der Waals surface area contributed by atoms with Crippen molar-refractivity contribution in [2.75, 3.05) is 24.5 Å². The lowest BCUT2D eigenvalue weighted by Gasteiger charge is -2.40. The lowest BCUT2D eigenvalue weighted by atomic mass is 10.0. The number of hydrogen-bond acceptors (Lipinski definition) is 8. The van der Waals surface area contributed by atoms with Gasteiger partial charge in [-0.1, -0.05) is 46.4 Å². The first-order chi connectivity index (χ1) is 22.1. The van der Waals surface area contributed by atoms with Crippen LogP contribution >= 0.6 is 0 Å². The van der Waals surface area contributed by atoms with Crippen LogP contribution in [0.4, 0.5) is 10.2 Å². The van der Waals surface area contributed by atoms with Crippen LogP contribution in [0.2, 0.25) is 0 Å². The first-order valence-electron chi connectivity index (χ1n) is 15.8. The van der Waals surface area contributed by atoms with Crippen LogP contribution in [-0.2, 0) is 4.79 Å². The molecule has 3 aromatic heterocycles. The number of anilines is 1. The summed E-state index contributed by atoms with van der Waals surface area (Å²) in [7, 11) is 0. The molecule has 1 aromatic carbocycles. The number of amides is 1. The van der Waals surface area contributed by atoms with Crippen molar-refractivity contribution in [3.05, 3.63) is 82.1 Å². The Hall–Kier alpha value is -4.87. The molecule has 1 atom stereocenters. The molecule has 0 radical (unpaired) electrons. The summed E-state index contributed by atoms with van der Waals surface area (Å²) in [6, 6.07) is -2.75. The van der Waals surface area contributed by atoms with Crippen molar-refractivity contribution in [3.63, 3.8) is 0 Å². The summed E-state index contributed by atoms with van der Waals surface area (Å²) in [5.41, 5.74) is -2.05. The molecular weight excluding hydrogens is 553 g/mol. The third-order valence-corrected chi connectivity index (χ3v) is 7.47. The molecule has 12 heteroatoms. The monoisotopic (exact) mass is 591 g/mol.